The SMILES string of the molecule is Br.Cn1ccnc1Sc1cc(Oc2ccc(PO)cc2)cc(C(=O)Nc2nccs2)c1. The average Bonchev–Trinajstić information content (AvgIpc) is 3.40. The van der Waals surface area contributed by atoms with Crippen LogP contribution in [-0.4, -0.2) is 25.3 Å². The van der Waals surface area contributed by atoms with Crippen molar-refractivity contribution in [3.63, 3.8) is 0 Å². The number of rotatable bonds is 7. The van der Waals surface area contributed by atoms with Gasteiger partial charge in [-0.3, -0.25) is 10.1 Å². The van der Waals surface area contributed by atoms with Gasteiger partial charge in [-0.1, -0.05) is 11.8 Å². The van der Waals surface area contributed by atoms with Gasteiger partial charge in [0.15, 0.2) is 10.3 Å². The molecule has 2 N–H and O–H groups in total. The number of carbonyl (C=O) groups is 1. The molecule has 7 nitrogen and oxygen atoms in total. The number of hydrogen-bond donors (Lipinski definition) is 2. The van der Waals surface area contributed by atoms with Crippen LogP contribution in [0.3, 0.4) is 0 Å². The van der Waals surface area contributed by atoms with Crippen molar-refractivity contribution in [1.82, 2.24) is 14.5 Å². The van der Waals surface area contributed by atoms with E-state index in [1.165, 1.54) is 23.1 Å². The van der Waals surface area contributed by atoms with Crippen LogP contribution in [0.15, 0.2) is 76.5 Å². The smallest absolute Gasteiger partial charge is 0.257 e. The van der Waals surface area contributed by atoms with E-state index in [2.05, 4.69) is 15.3 Å². The van der Waals surface area contributed by atoms with E-state index in [4.69, 9.17) is 4.74 Å². The first kappa shape index (κ1) is 23.4. The minimum Gasteiger partial charge on any atom is -0.457 e. The van der Waals surface area contributed by atoms with Gasteiger partial charge in [0.2, 0.25) is 0 Å². The molecule has 11 heteroatoms. The van der Waals surface area contributed by atoms with Crippen molar-refractivity contribution in [1.29, 1.82) is 0 Å². The predicted molar refractivity (Wildman–Crippen MR) is 131 cm³/mol. The summed E-state index contributed by atoms with van der Waals surface area (Å²) in [6.07, 6.45) is 5.23. The van der Waals surface area contributed by atoms with Gasteiger partial charge in [0, 0.05) is 50.3 Å². The molecule has 4 rings (SSSR count). The van der Waals surface area contributed by atoms with Gasteiger partial charge in [-0.05, 0) is 47.8 Å². The van der Waals surface area contributed by atoms with E-state index >= 15 is 0 Å². The van der Waals surface area contributed by atoms with Crippen LogP contribution in [0.1, 0.15) is 10.4 Å². The van der Waals surface area contributed by atoms with Crippen LogP contribution in [0, 0.1) is 0 Å². The molecule has 0 saturated heterocycles. The number of aromatic nitrogens is 3. The molecular formula is C20H18BrN4O3PS2. The molecule has 1 unspecified atom stereocenters. The Morgan fingerprint density at radius 2 is 1.97 bits per heavy atom. The second-order valence-corrected chi connectivity index (χ2v) is 8.88. The molecule has 2 heterocycles. The summed E-state index contributed by atoms with van der Waals surface area (Å²) >= 11 is 2.79. The molecular weight excluding hydrogens is 519 g/mol. The molecule has 2 aromatic heterocycles. The number of hydrogen-bond acceptors (Lipinski definition) is 7. The van der Waals surface area contributed by atoms with Crippen LogP contribution >= 0.6 is 48.9 Å². The summed E-state index contributed by atoms with van der Waals surface area (Å²) in [5, 5.41) is 6.75. The number of benzene rings is 2. The third kappa shape index (κ3) is 6.15. The highest BCUT2D eigenvalue weighted by atomic mass is 79.9. The monoisotopic (exact) mass is 536 g/mol. The summed E-state index contributed by atoms with van der Waals surface area (Å²) in [5.41, 5.74) is 0.452. The number of carbonyl (C=O) groups excluding carboxylic acids is 1. The number of halogens is 1. The molecule has 4 aromatic rings. The molecule has 0 aliphatic heterocycles. The van der Waals surface area contributed by atoms with Gasteiger partial charge in [-0.25, -0.2) is 9.97 Å². The standard InChI is InChI=1S/C20H17N4O3PS2.BrH/c1-24-8-6-22-20(24)30-17-11-13(18(25)23-19-21-7-9-29-19)10-15(12-17)27-14-2-4-16(28-26)5-3-14;/h2-12,26,28H,1H3,(H,21,23,25);1H. The summed E-state index contributed by atoms with van der Waals surface area (Å²) in [5.74, 6) is 0.869. The van der Waals surface area contributed by atoms with Crippen LogP contribution in [0.2, 0.25) is 0 Å². The van der Waals surface area contributed by atoms with Crippen molar-refractivity contribution in [2.75, 3.05) is 5.32 Å². The van der Waals surface area contributed by atoms with Crippen LogP contribution in [-0.2, 0) is 7.05 Å². The van der Waals surface area contributed by atoms with E-state index in [1.54, 1.807) is 54.2 Å². The first-order chi connectivity index (χ1) is 14.6. The van der Waals surface area contributed by atoms with Crippen LogP contribution in [0.25, 0.3) is 0 Å². The third-order valence-corrected chi connectivity index (χ3v) is 6.33. The highest BCUT2D eigenvalue weighted by Crippen LogP contribution is 2.32. The Morgan fingerprint density at radius 3 is 2.61 bits per heavy atom. The molecule has 1 atom stereocenters. The third-order valence-electron chi connectivity index (χ3n) is 4.00. The normalized spacial score (nSPS) is 10.8. The van der Waals surface area contributed by atoms with Crippen molar-refractivity contribution < 1.29 is 14.4 Å². The van der Waals surface area contributed by atoms with Gasteiger partial charge in [0.1, 0.15) is 11.5 Å². The Balaban J connectivity index is 0.00000272. The maximum atomic E-state index is 12.8. The molecule has 2 aromatic carbocycles. The number of imidazole rings is 1. The lowest BCUT2D eigenvalue weighted by molar-refractivity contribution is 0.102. The lowest BCUT2D eigenvalue weighted by Crippen LogP contribution is -2.11. The second-order valence-electron chi connectivity index (χ2n) is 6.15. The topological polar surface area (TPSA) is 89.3 Å². The quantitative estimate of drug-likeness (QED) is 0.328. The fraction of sp³-hybridized carbons (Fsp3) is 0.0500. The van der Waals surface area contributed by atoms with Gasteiger partial charge in [0.05, 0.1) is 0 Å². The van der Waals surface area contributed by atoms with Crippen LogP contribution < -0.4 is 15.4 Å². The summed E-state index contributed by atoms with van der Waals surface area (Å²) < 4.78 is 7.89. The molecule has 0 aliphatic carbocycles. The van der Waals surface area contributed by atoms with Gasteiger partial charge in [-0.2, -0.15) is 0 Å². The molecule has 0 aliphatic rings. The van der Waals surface area contributed by atoms with Crippen molar-refractivity contribution in [2.45, 2.75) is 10.1 Å². The summed E-state index contributed by atoms with van der Waals surface area (Å²) in [4.78, 5) is 31.2. The van der Waals surface area contributed by atoms with Gasteiger partial charge in [0.25, 0.3) is 5.91 Å². The van der Waals surface area contributed by atoms with Crippen LogP contribution in [0.4, 0.5) is 5.13 Å². The number of aryl methyl sites for hydroxylation is 1. The Labute approximate surface area is 199 Å². The number of nitrogens with zero attached hydrogens (tertiary/aromatic N) is 3. The minimum atomic E-state index is -0.270. The van der Waals surface area contributed by atoms with Gasteiger partial charge in [-0.15, -0.1) is 28.3 Å². The molecule has 0 fully saturated rings. The number of anilines is 1. The largest absolute Gasteiger partial charge is 0.457 e. The molecule has 0 saturated carbocycles. The average molecular weight is 537 g/mol. The number of nitrogens with one attached hydrogen (secondary N) is 1. The van der Waals surface area contributed by atoms with Crippen molar-refractivity contribution in [3.8, 4) is 11.5 Å². The van der Waals surface area contributed by atoms with E-state index in [1.807, 2.05) is 23.9 Å². The van der Waals surface area contributed by atoms with Crippen molar-refractivity contribution in [2.24, 2.45) is 7.05 Å². The number of ether oxygens (including phenoxy) is 1. The molecule has 0 bridgehead atoms. The van der Waals surface area contributed by atoms with E-state index in [9.17, 15) is 9.69 Å². The number of amides is 1. The summed E-state index contributed by atoms with van der Waals surface area (Å²) in [6, 6.07) is 12.5. The molecule has 1 amide bonds. The summed E-state index contributed by atoms with van der Waals surface area (Å²) in [6.45, 7) is 0. The van der Waals surface area contributed by atoms with E-state index < -0.39 is 0 Å². The van der Waals surface area contributed by atoms with E-state index in [0.717, 1.165) is 15.4 Å². The maximum absolute atomic E-state index is 12.8. The zero-order chi connectivity index (χ0) is 20.9. The molecule has 31 heavy (non-hydrogen) atoms. The highest BCUT2D eigenvalue weighted by molar-refractivity contribution is 8.93. The lowest BCUT2D eigenvalue weighted by atomic mass is 10.2. The van der Waals surface area contributed by atoms with E-state index in [-0.39, 0.29) is 31.7 Å². The minimum absolute atomic E-state index is 0. The Kier molecular flexibility index (Phi) is 8.22. The second kappa shape index (κ2) is 10.9. The fourth-order valence-electron chi connectivity index (χ4n) is 2.56. The molecule has 0 radical (unpaired) electrons. The van der Waals surface area contributed by atoms with Crippen molar-refractivity contribution in [3.05, 3.63) is 72.0 Å². The maximum Gasteiger partial charge on any atom is 0.257 e. The first-order valence-corrected chi connectivity index (χ1v) is 11.4. The predicted octanol–water partition coefficient (Wildman–Crippen LogP) is 4.86. The van der Waals surface area contributed by atoms with E-state index in [0.29, 0.717) is 22.2 Å². The Hall–Kier alpha value is -2.23. The Morgan fingerprint density at radius 1 is 1.16 bits per heavy atom. The number of thiazole rings is 1. The lowest BCUT2D eigenvalue weighted by Gasteiger charge is -2.11. The van der Waals surface area contributed by atoms with Crippen LogP contribution in [0.5, 0.6) is 11.5 Å². The molecule has 160 valence electrons. The Bertz CT molecular complexity index is 1150. The van der Waals surface area contributed by atoms with Gasteiger partial charge >= 0.3 is 0 Å². The zero-order valence-corrected chi connectivity index (χ0v) is 20.5. The summed E-state index contributed by atoms with van der Waals surface area (Å²) in [7, 11) is 1.65. The molecule has 0 spiro atoms. The van der Waals surface area contributed by atoms with Crippen molar-refractivity contribution >= 4 is 65.2 Å². The highest BCUT2D eigenvalue weighted by Gasteiger charge is 2.14. The first-order valence-electron chi connectivity index (χ1n) is 8.80. The zero-order valence-electron chi connectivity index (χ0n) is 16.2. The fourth-order valence-corrected chi connectivity index (χ4v) is 4.29. The van der Waals surface area contributed by atoms with Gasteiger partial charge < -0.3 is 14.2 Å².